The van der Waals surface area contributed by atoms with Crippen LogP contribution in [0.4, 0.5) is 17.1 Å². The van der Waals surface area contributed by atoms with E-state index in [9.17, 15) is 28.1 Å². The van der Waals surface area contributed by atoms with Gasteiger partial charge < -0.3 is 19.9 Å². The third kappa shape index (κ3) is 10.3. The molecule has 0 bridgehead atoms. The van der Waals surface area contributed by atoms with E-state index >= 15 is 0 Å². The summed E-state index contributed by atoms with van der Waals surface area (Å²) in [7, 11) is -4.44. The van der Waals surface area contributed by atoms with Crippen molar-refractivity contribution < 1.29 is 27.7 Å². The zero-order valence-electron chi connectivity index (χ0n) is 32.8. The number of anilines is 2. The van der Waals surface area contributed by atoms with Gasteiger partial charge in [0, 0.05) is 78.0 Å². The van der Waals surface area contributed by atoms with Crippen molar-refractivity contribution >= 4 is 50.7 Å². The number of carbonyl (C=O) groups is 2. The number of sulfonamides is 1. The van der Waals surface area contributed by atoms with Crippen LogP contribution in [-0.4, -0.2) is 80.1 Å². The van der Waals surface area contributed by atoms with E-state index in [1.54, 1.807) is 36.3 Å². The summed E-state index contributed by atoms with van der Waals surface area (Å²) in [5, 5.41) is 14.9. The van der Waals surface area contributed by atoms with Crippen LogP contribution in [0.25, 0.3) is 11.1 Å². The van der Waals surface area contributed by atoms with Crippen molar-refractivity contribution in [3.63, 3.8) is 0 Å². The highest BCUT2D eigenvalue weighted by Gasteiger charge is 2.27. The molecule has 1 fully saturated rings. The Morgan fingerprint density at radius 3 is 2.28 bits per heavy atom. The minimum Gasteiger partial charge on any atom is -0.492 e. The molecule has 1 aromatic heterocycles. The molecule has 0 aliphatic carbocycles. The van der Waals surface area contributed by atoms with Crippen LogP contribution in [0.15, 0.2) is 119 Å². The lowest BCUT2D eigenvalue weighted by Gasteiger charge is -2.36. The number of thioether (sulfide) groups is 1. The van der Waals surface area contributed by atoms with Gasteiger partial charge in [0.25, 0.3) is 27.5 Å². The van der Waals surface area contributed by atoms with Crippen molar-refractivity contribution in [3.8, 4) is 16.9 Å². The second-order valence-corrected chi connectivity index (χ2v) is 17.5. The summed E-state index contributed by atoms with van der Waals surface area (Å²) >= 11 is 1.58. The van der Waals surface area contributed by atoms with Crippen molar-refractivity contribution in [1.29, 1.82) is 0 Å². The van der Waals surface area contributed by atoms with Gasteiger partial charge in [-0.1, -0.05) is 45.0 Å². The van der Waals surface area contributed by atoms with Crippen molar-refractivity contribution in [3.05, 3.63) is 136 Å². The Morgan fingerprint density at radius 2 is 1.60 bits per heavy atom. The number of rotatable bonds is 14. The van der Waals surface area contributed by atoms with E-state index in [0.717, 1.165) is 33.3 Å². The summed E-state index contributed by atoms with van der Waals surface area (Å²) in [6.45, 7) is 11.2. The number of hydrogen-bond donors (Lipinski definition) is 2. The van der Waals surface area contributed by atoms with Crippen LogP contribution in [0.3, 0.4) is 0 Å². The lowest BCUT2D eigenvalue weighted by Crippen LogP contribution is -2.48. The number of aromatic nitrogens is 1. The highest BCUT2D eigenvalue weighted by molar-refractivity contribution is 7.99. The standard InChI is InChI=1S/C43H46N6O7S2/c1-5-56-36-26-33(28-44-29-36)31-23-32(25-34(24-31)43(2,3)4)42(51)48-20-18-47(19-21-48)35-13-11-30(12-14-35)41(50)46-58(54,55)38-15-16-39(40(27-38)49(52)53)45-17-22-57-37-9-7-6-8-10-37/h6-16,23-29,45H,5,17-22H2,1-4H3,(H,46,50). The summed E-state index contributed by atoms with van der Waals surface area (Å²) < 4.78 is 34.1. The highest BCUT2D eigenvalue weighted by Crippen LogP contribution is 2.32. The third-order valence-electron chi connectivity index (χ3n) is 9.60. The monoisotopic (exact) mass is 822 g/mol. The normalized spacial score (nSPS) is 13.2. The molecule has 2 N–H and O–H groups in total. The van der Waals surface area contributed by atoms with Gasteiger partial charge in [0.15, 0.2) is 0 Å². The third-order valence-corrected chi connectivity index (χ3v) is 11.9. The molecule has 2 heterocycles. The number of carbonyl (C=O) groups excluding carboxylic acids is 2. The van der Waals surface area contributed by atoms with E-state index < -0.39 is 31.4 Å². The Morgan fingerprint density at radius 1 is 0.879 bits per heavy atom. The molecule has 1 aliphatic rings. The Labute approximate surface area is 343 Å². The van der Waals surface area contributed by atoms with Crippen LogP contribution in [-0.2, 0) is 15.4 Å². The number of nitro benzene ring substituents is 1. The molecule has 15 heteroatoms. The van der Waals surface area contributed by atoms with Crippen molar-refractivity contribution in [2.75, 3.05) is 55.3 Å². The van der Waals surface area contributed by atoms with Gasteiger partial charge in [0.2, 0.25) is 0 Å². The first-order chi connectivity index (χ1) is 27.7. The Balaban J connectivity index is 1.06. The van der Waals surface area contributed by atoms with Crippen molar-refractivity contribution in [2.24, 2.45) is 0 Å². The lowest BCUT2D eigenvalue weighted by atomic mass is 9.84. The van der Waals surface area contributed by atoms with Crippen LogP contribution < -0.4 is 19.7 Å². The molecular weight excluding hydrogens is 777 g/mol. The summed E-state index contributed by atoms with van der Waals surface area (Å²) in [6.07, 6.45) is 3.44. The zero-order chi connectivity index (χ0) is 41.5. The van der Waals surface area contributed by atoms with Gasteiger partial charge in [-0.15, -0.1) is 11.8 Å². The van der Waals surface area contributed by atoms with Crippen LogP contribution in [0, 0.1) is 10.1 Å². The number of piperazine rings is 1. The van der Waals surface area contributed by atoms with Crippen LogP contribution in [0.1, 0.15) is 54.0 Å². The number of nitro groups is 1. The second kappa shape index (κ2) is 18.1. The summed E-state index contributed by atoms with van der Waals surface area (Å²) in [6, 6.07) is 27.6. The average molecular weight is 823 g/mol. The number of pyridine rings is 1. The fraction of sp³-hybridized carbons (Fsp3) is 0.279. The van der Waals surface area contributed by atoms with Gasteiger partial charge in [0.1, 0.15) is 11.4 Å². The maximum atomic E-state index is 13.9. The predicted octanol–water partition coefficient (Wildman–Crippen LogP) is 7.64. The molecule has 5 aromatic rings. The minimum absolute atomic E-state index is 0.0664. The largest absolute Gasteiger partial charge is 0.492 e. The molecule has 0 saturated carbocycles. The number of amides is 2. The molecule has 1 saturated heterocycles. The van der Waals surface area contributed by atoms with Crippen molar-refractivity contribution in [2.45, 2.75) is 42.9 Å². The van der Waals surface area contributed by atoms with E-state index in [1.807, 2.05) is 65.1 Å². The predicted molar refractivity (Wildman–Crippen MR) is 228 cm³/mol. The lowest BCUT2D eigenvalue weighted by molar-refractivity contribution is -0.384. The van der Waals surface area contributed by atoms with E-state index in [4.69, 9.17) is 4.74 Å². The first-order valence-corrected chi connectivity index (χ1v) is 21.3. The molecule has 0 spiro atoms. The molecule has 0 unspecified atom stereocenters. The van der Waals surface area contributed by atoms with Gasteiger partial charge in [0.05, 0.1) is 22.6 Å². The van der Waals surface area contributed by atoms with E-state index in [1.165, 1.54) is 24.3 Å². The average Bonchev–Trinajstić information content (AvgIpc) is 3.22. The Hall–Kier alpha value is -5.93. The molecule has 58 heavy (non-hydrogen) atoms. The van der Waals surface area contributed by atoms with E-state index in [-0.39, 0.29) is 22.6 Å². The minimum atomic E-state index is -4.44. The SMILES string of the molecule is CCOc1cncc(-c2cc(C(=O)N3CCN(c4ccc(C(=O)NS(=O)(=O)c5ccc(NCCSc6ccccc6)c([N+](=O)[O-])c5)cc4)CC3)cc(C(C)(C)C)c2)c1. The molecule has 6 rings (SSSR count). The molecule has 2 amide bonds. The molecular formula is C43H46N6O7S2. The molecule has 0 radical (unpaired) electrons. The maximum Gasteiger partial charge on any atom is 0.293 e. The summed E-state index contributed by atoms with van der Waals surface area (Å²) in [5.74, 6) is 0.353. The smallest absolute Gasteiger partial charge is 0.293 e. The van der Waals surface area contributed by atoms with Crippen LogP contribution in [0.2, 0.25) is 0 Å². The molecule has 0 atom stereocenters. The molecule has 13 nitrogen and oxygen atoms in total. The molecule has 1 aliphatic heterocycles. The first-order valence-electron chi connectivity index (χ1n) is 18.9. The van der Waals surface area contributed by atoms with Crippen molar-refractivity contribution in [1.82, 2.24) is 14.6 Å². The number of nitrogens with one attached hydrogen (secondary N) is 2. The van der Waals surface area contributed by atoms with Gasteiger partial charge in [-0.25, -0.2) is 13.1 Å². The van der Waals surface area contributed by atoms with Crippen LogP contribution >= 0.6 is 11.8 Å². The van der Waals surface area contributed by atoms with Gasteiger partial charge in [-0.05, 0) is 90.2 Å². The Kier molecular flexibility index (Phi) is 13.0. The topological polar surface area (TPSA) is 164 Å². The molecule has 4 aromatic carbocycles. The molecule has 302 valence electrons. The van der Waals surface area contributed by atoms with E-state index in [2.05, 4.69) is 42.0 Å². The quantitative estimate of drug-likeness (QED) is 0.0490. The number of benzene rings is 4. The fourth-order valence-electron chi connectivity index (χ4n) is 6.44. The highest BCUT2D eigenvalue weighted by atomic mass is 32.2. The maximum absolute atomic E-state index is 13.9. The van der Waals surface area contributed by atoms with Crippen LogP contribution in [0.5, 0.6) is 5.75 Å². The fourth-order valence-corrected chi connectivity index (χ4v) is 8.22. The second-order valence-electron chi connectivity index (χ2n) is 14.7. The van der Waals surface area contributed by atoms with Gasteiger partial charge >= 0.3 is 0 Å². The number of nitrogens with zero attached hydrogens (tertiary/aromatic N) is 4. The zero-order valence-corrected chi connectivity index (χ0v) is 34.4. The van der Waals surface area contributed by atoms with Gasteiger partial charge in [-0.2, -0.15) is 0 Å². The number of ether oxygens (including phenoxy) is 1. The summed E-state index contributed by atoms with van der Waals surface area (Å²) in [5.41, 5.74) is 3.84. The Bertz CT molecular complexity index is 2380. The number of hydrogen-bond acceptors (Lipinski definition) is 11. The summed E-state index contributed by atoms with van der Waals surface area (Å²) in [4.78, 5) is 47.1. The first kappa shape index (κ1) is 41.7. The van der Waals surface area contributed by atoms with E-state index in [0.29, 0.717) is 56.4 Å². The van der Waals surface area contributed by atoms with Gasteiger partial charge in [-0.3, -0.25) is 24.7 Å².